The van der Waals surface area contributed by atoms with Crippen molar-refractivity contribution in [1.82, 2.24) is 25.3 Å². The summed E-state index contributed by atoms with van der Waals surface area (Å²) in [5.41, 5.74) is 1.21. The zero-order chi connectivity index (χ0) is 18.5. The largest absolute Gasteiger partial charge is 0.480 e. The summed E-state index contributed by atoms with van der Waals surface area (Å²) < 4.78 is 6.40. The Morgan fingerprint density at radius 2 is 2.23 bits per heavy atom. The third-order valence-corrected chi connectivity index (χ3v) is 3.95. The number of anilines is 1. The van der Waals surface area contributed by atoms with E-state index in [1.54, 1.807) is 18.2 Å². The Hall–Kier alpha value is -2.31. The van der Waals surface area contributed by atoms with Crippen LogP contribution >= 0.6 is 11.6 Å². The number of rotatable bonds is 7. The SMILES string of the molecule is COCCC(C(=O)O)N1CON(c2cc(Cl)ccc2-n2cnnn2)CO1. The molecule has 1 aliphatic heterocycles. The lowest BCUT2D eigenvalue weighted by Gasteiger charge is -2.37. The van der Waals surface area contributed by atoms with Crippen LogP contribution in [0.4, 0.5) is 5.69 Å². The molecular weight excluding hydrogens is 368 g/mol. The molecule has 3 rings (SSSR count). The molecule has 1 unspecified atom stereocenters. The summed E-state index contributed by atoms with van der Waals surface area (Å²) in [5.74, 6) is -1.02. The van der Waals surface area contributed by atoms with E-state index in [4.69, 9.17) is 26.0 Å². The maximum Gasteiger partial charge on any atom is 0.323 e. The normalized spacial score (nSPS) is 16.6. The van der Waals surface area contributed by atoms with Crippen LogP contribution in [-0.2, 0) is 19.2 Å². The van der Waals surface area contributed by atoms with E-state index in [-0.39, 0.29) is 26.5 Å². The lowest BCUT2D eigenvalue weighted by atomic mass is 10.2. The van der Waals surface area contributed by atoms with Crippen molar-refractivity contribution in [3.8, 4) is 5.69 Å². The Bertz CT molecular complexity index is 737. The molecule has 0 bridgehead atoms. The second kappa shape index (κ2) is 8.38. The van der Waals surface area contributed by atoms with Gasteiger partial charge >= 0.3 is 5.97 Å². The third-order valence-electron chi connectivity index (χ3n) is 3.71. The molecule has 1 fully saturated rings. The van der Waals surface area contributed by atoms with E-state index in [1.165, 1.54) is 28.2 Å². The zero-order valence-electron chi connectivity index (χ0n) is 13.9. The second-order valence-corrected chi connectivity index (χ2v) is 5.77. The summed E-state index contributed by atoms with van der Waals surface area (Å²) in [6.45, 7) is 0.173. The minimum absolute atomic E-state index is 0.0355. The monoisotopic (exact) mass is 384 g/mol. The molecule has 0 amide bonds. The average Bonchev–Trinajstić information content (AvgIpc) is 3.17. The molecular formula is C14H17ClN6O5. The second-order valence-electron chi connectivity index (χ2n) is 5.33. The molecule has 2 heterocycles. The number of benzene rings is 1. The van der Waals surface area contributed by atoms with Crippen LogP contribution in [0.5, 0.6) is 0 Å². The molecule has 1 aliphatic rings. The molecule has 1 saturated heterocycles. The number of hydrogen-bond acceptors (Lipinski definition) is 9. The first-order valence-corrected chi connectivity index (χ1v) is 8.02. The molecule has 0 radical (unpaired) electrons. The quantitative estimate of drug-likeness (QED) is 0.731. The summed E-state index contributed by atoms with van der Waals surface area (Å²) in [7, 11) is 1.51. The van der Waals surface area contributed by atoms with E-state index in [2.05, 4.69) is 15.5 Å². The highest BCUT2D eigenvalue weighted by Crippen LogP contribution is 2.29. The summed E-state index contributed by atoms with van der Waals surface area (Å²) in [6.07, 6.45) is 1.71. The van der Waals surface area contributed by atoms with Crippen LogP contribution in [0.2, 0.25) is 5.02 Å². The summed E-state index contributed by atoms with van der Waals surface area (Å²) >= 11 is 6.09. The molecule has 0 aliphatic carbocycles. The molecule has 1 N–H and O–H groups in total. The predicted octanol–water partition coefficient (Wildman–Crippen LogP) is 0.706. The minimum atomic E-state index is -1.02. The molecule has 12 heteroatoms. The number of carboxylic acid groups (broad SMARTS) is 1. The number of aliphatic carboxylic acids is 1. The first kappa shape index (κ1) is 18.5. The lowest BCUT2D eigenvalue weighted by Crippen LogP contribution is -2.50. The number of tetrazole rings is 1. The molecule has 1 atom stereocenters. The van der Waals surface area contributed by atoms with Crippen molar-refractivity contribution in [3.63, 3.8) is 0 Å². The van der Waals surface area contributed by atoms with Gasteiger partial charge in [0.2, 0.25) is 0 Å². The van der Waals surface area contributed by atoms with Crippen LogP contribution in [0.3, 0.4) is 0 Å². The van der Waals surface area contributed by atoms with Gasteiger partial charge in [-0.25, -0.2) is 5.06 Å². The van der Waals surface area contributed by atoms with Gasteiger partial charge in [0.25, 0.3) is 0 Å². The van der Waals surface area contributed by atoms with Crippen molar-refractivity contribution in [2.75, 3.05) is 32.2 Å². The van der Waals surface area contributed by atoms with Crippen LogP contribution in [0.15, 0.2) is 24.5 Å². The molecule has 2 aromatic rings. The van der Waals surface area contributed by atoms with Gasteiger partial charge in [-0.2, -0.15) is 4.68 Å². The van der Waals surface area contributed by atoms with Crippen LogP contribution in [0.25, 0.3) is 5.69 Å². The average molecular weight is 385 g/mol. The van der Waals surface area contributed by atoms with Gasteiger partial charge < -0.3 is 9.84 Å². The highest BCUT2D eigenvalue weighted by atomic mass is 35.5. The van der Waals surface area contributed by atoms with Gasteiger partial charge in [-0.15, -0.1) is 10.2 Å². The molecule has 1 aromatic heterocycles. The third kappa shape index (κ3) is 4.08. The Labute approximate surface area is 153 Å². The number of carboxylic acids is 1. The predicted molar refractivity (Wildman–Crippen MR) is 88.3 cm³/mol. The number of carbonyl (C=O) groups is 1. The first-order chi connectivity index (χ1) is 12.6. The van der Waals surface area contributed by atoms with E-state index in [0.717, 1.165) is 0 Å². The Balaban J connectivity index is 1.74. The van der Waals surface area contributed by atoms with E-state index < -0.39 is 12.0 Å². The first-order valence-electron chi connectivity index (χ1n) is 7.65. The molecule has 1 aromatic carbocycles. The van der Waals surface area contributed by atoms with E-state index in [0.29, 0.717) is 16.4 Å². The van der Waals surface area contributed by atoms with Gasteiger partial charge in [-0.05, 0) is 35.0 Å². The summed E-state index contributed by atoms with van der Waals surface area (Å²) in [6, 6.07) is 4.24. The van der Waals surface area contributed by atoms with Gasteiger partial charge in [0.15, 0.2) is 13.5 Å². The van der Waals surface area contributed by atoms with Crippen molar-refractivity contribution in [3.05, 3.63) is 29.5 Å². The number of ether oxygens (including phenoxy) is 1. The molecule has 11 nitrogen and oxygen atoms in total. The Morgan fingerprint density at radius 1 is 1.38 bits per heavy atom. The maximum absolute atomic E-state index is 11.4. The van der Waals surface area contributed by atoms with Crippen LogP contribution in [-0.4, -0.2) is 69.6 Å². The number of nitrogens with zero attached hydrogens (tertiary/aromatic N) is 6. The molecule has 0 spiro atoms. The van der Waals surface area contributed by atoms with Crippen molar-refractivity contribution in [2.45, 2.75) is 12.5 Å². The maximum atomic E-state index is 11.4. The fraction of sp³-hybridized carbons (Fsp3) is 0.429. The zero-order valence-corrected chi connectivity index (χ0v) is 14.6. The summed E-state index contributed by atoms with van der Waals surface area (Å²) in [4.78, 5) is 22.7. The molecule has 26 heavy (non-hydrogen) atoms. The summed E-state index contributed by atoms with van der Waals surface area (Å²) in [5, 5.41) is 23.6. The Kier molecular flexibility index (Phi) is 5.96. The highest BCUT2D eigenvalue weighted by molar-refractivity contribution is 6.31. The fourth-order valence-electron chi connectivity index (χ4n) is 2.43. The highest BCUT2D eigenvalue weighted by Gasteiger charge is 2.31. The van der Waals surface area contributed by atoms with Crippen LogP contribution in [0.1, 0.15) is 6.42 Å². The van der Waals surface area contributed by atoms with Crippen molar-refractivity contribution < 1.29 is 24.3 Å². The van der Waals surface area contributed by atoms with Gasteiger partial charge in [-0.1, -0.05) is 11.6 Å². The van der Waals surface area contributed by atoms with Crippen molar-refractivity contribution in [2.24, 2.45) is 0 Å². The molecule has 140 valence electrons. The minimum Gasteiger partial charge on any atom is -0.480 e. The van der Waals surface area contributed by atoms with Gasteiger partial charge in [0, 0.05) is 18.7 Å². The van der Waals surface area contributed by atoms with Gasteiger partial charge in [-0.3, -0.25) is 14.5 Å². The fourth-order valence-corrected chi connectivity index (χ4v) is 2.59. The lowest BCUT2D eigenvalue weighted by molar-refractivity contribution is -0.284. The molecule has 0 saturated carbocycles. The number of halogens is 1. The standard InChI is InChI=1S/C14H17ClN6O5/c1-24-5-4-12(14(22)23)20-8-26-21(9-25-20)13-6-10(15)2-3-11(13)19-7-16-17-18-19/h2-3,6-7,12H,4-5,8-9H2,1H3,(H,22,23). The van der Waals surface area contributed by atoms with Crippen LogP contribution in [0, 0.1) is 0 Å². The Morgan fingerprint density at radius 3 is 2.85 bits per heavy atom. The van der Waals surface area contributed by atoms with Gasteiger partial charge in [0.1, 0.15) is 12.4 Å². The number of methoxy groups -OCH3 is 1. The smallest absolute Gasteiger partial charge is 0.323 e. The van der Waals surface area contributed by atoms with Crippen LogP contribution < -0.4 is 5.06 Å². The number of hydrogen-bond donors (Lipinski definition) is 1. The van der Waals surface area contributed by atoms with Crippen molar-refractivity contribution >= 4 is 23.3 Å². The van der Waals surface area contributed by atoms with Gasteiger partial charge in [0.05, 0.1) is 11.4 Å². The van der Waals surface area contributed by atoms with E-state index >= 15 is 0 Å². The van der Waals surface area contributed by atoms with Crippen molar-refractivity contribution in [1.29, 1.82) is 0 Å². The van der Waals surface area contributed by atoms with E-state index in [1.807, 2.05) is 0 Å². The topological polar surface area (TPSA) is 115 Å². The van der Waals surface area contributed by atoms with E-state index in [9.17, 15) is 9.90 Å². The number of aromatic nitrogens is 4. The number of hydroxylamine groups is 3.